The fraction of sp³-hybridized carbons (Fsp3) is 0.562. The van der Waals surface area contributed by atoms with Gasteiger partial charge in [-0.2, -0.15) is 0 Å². The fourth-order valence-electron chi connectivity index (χ4n) is 3.74. The van der Waals surface area contributed by atoms with Gasteiger partial charge in [0.25, 0.3) is 0 Å². The second-order valence-electron chi connectivity index (χ2n) is 6.19. The summed E-state index contributed by atoms with van der Waals surface area (Å²) in [6.45, 7) is 0.224. The van der Waals surface area contributed by atoms with Gasteiger partial charge in [-0.25, -0.2) is 0 Å². The number of hydrogen-bond donors (Lipinski definition) is 1. The first-order valence-electron chi connectivity index (χ1n) is 7.53. The van der Waals surface area contributed by atoms with E-state index in [0.29, 0.717) is 17.4 Å². The molecule has 0 spiro atoms. The van der Waals surface area contributed by atoms with Gasteiger partial charge in [0.2, 0.25) is 5.91 Å². The van der Waals surface area contributed by atoms with Gasteiger partial charge in [-0.1, -0.05) is 18.6 Å². The van der Waals surface area contributed by atoms with Gasteiger partial charge in [-0.15, -0.1) is 13.2 Å². The number of carbonyl (C=O) groups is 1. The zero-order valence-electron chi connectivity index (χ0n) is 12.0. The molecule has 3 nitrogen and oxygen atoms in total. The Hall–Kier alpha value is -1.72. The van der Waals surface area contributed by atoms with Gasteiger partial charge in [0.05, 0.1) is 0 Å². The van der Waals surface area contributed by atoms with Crippen LogP contribution in [0.15, 0.2) is 24.3 Å². The molecule has 120 valence electrons. The third-order valence-electron chi connectivity index (χ3n) is 4.67. The van der Waals surface area contributed by atoms with E-state index in [1.54, 1.807) is 6.07 Å². The molecule has 2 aliphatic carbocycles. The zero-order valence-corrected chi connectivity index (χ0v) is 12.0. The van der Waals surface area contributed by atoms with Crippen molar-refractivity contribution in [2.24, 2.45) is 17.8 Å². The highest BCUT2D eigenvalue weighted by atomic mass is 19.4. The number of amides is 1. The van der Waals surface area contributed by atoms with Gasteiger partial charge in [0.15, 0.2) is 0 Å². The minimum Gasteiger partial charge on any atom is -0.406 e. The maximum Gasteiger partial charge on any atom is 0.573 e. The average Bonchev–Trinajstić information content (AvgIpc) is 3.06. The van der Waals surface area contributed by atoms with Crippen molar-refractivity contribution in [2.45, 2.75) is 38.6 Å². The third-order valence-corrected chi connectivity index (χ3v) is 4.67. The molecule has 3 rings (SSSR count). The number of benzene rings is 1. The van der Waals surface area contributed by atoms with E-state index in [-0.39, 0.29) is 24.1 Å². The Morgan fingerprint density at radius 2 is 2.09 bits per heavy atom. The van der Waals surface area contributed by atoms with Gasteiger partial charge in [0, 0.05) is 12.5 Å². The van der Waals surface area contributed by atoms with E-state index in [1.807, 2.05) is 0 Å². The van der Waals surface area contributed by atoms with Crippen molar-refractivity contribution in [1.82, 2.24) is 5.32 Å². The van der Waals surface area contributed by atoms with Crippen molar-refractivity contribution in [3.63, 3.8) is 0 Å². The van der Waals surface area contributed by atoms with E-state index in [0.717, 1.165) is 19.3 Å². The van der Waals surface area contributed by atoms with Gasteiger partial charge < -0.3 is 10.1 Å². The van der Waals surface area contributed by atoms with Crippen LogP contribution in [0.4, 0.5) is 13.2 Å². The lowest BCUT2D eigenvalue weighted by molar-refractivity contribution is -0.274. The Morgan fingerprint density at radius 3 is 2.73 bits per heavy atom. The summed E-state index contributed by atoms with van der Waals surface area (Å²) >= 11 is 0. The summed E-state index contributed by atoms with van der Waals surface area (Å²) in [5.74, 6) is 1.01. The lowest BCUT2D eigenvalue weighted by Crippen LogP contribution is -2.33. The topological polar surface area (TPSA) is 38.3 Å². The molecule has 0 aliphatic heterocycles. The van der Waals surface area contributed by atoms with Crippen molar-refractivity contribution >= 4 is 5.91 Å². The molecular formula is C16H18F3NO2. The van der Waals surface area contributed by atoms with E-state index in [1.165, 1.54) is 24.6 Å². The minimum absolute atomic E-state index is 0.0225. The van der Waals surface area contributed by atoms with Crippen LogP contribution in [0.5, 0.6) is 5.75 Å². The van der Waals surface area contributed by atoms with E-state index in [2.05, 4.69) is 10.1 Å². The molecule has 0 radical (unpaired) electrons. The Bertz CT molecular complexity index is 559. The molecule has 1 aromatic carbocycles. The highest BCUT2D eigenvalue weighted by Gasteiger charge is 2.42. The molecule has 6 heteroatoms. The number of halogens is 3. The molecule has 2 fully saturated rings. The van der Waals surface area contributed by atoms with Crippen LogP contribution >= 0.6 is 0 Å². The van der Waals surface area contributed by atoms with Gasteiger partial charge in [0.1, 0.15) is 5.75 Å². The molecule has 22 heavy (non-hydrogen) atoms. The first-order chi connectivity index (χ1) is 10.4. The summed E-state index contributed by atoms with van der Waals surface area (Å²) in [6, 6.07) is 5.70. The molecule has 0 saturated heterocycles. The molecule has 0 aromatic heterocycles. The summed E-state index contributed by atoms with van der Waals surface area (Å²) in [5.41, 5.74) is 0.596. The average molecular weight is 313 g/mol. The zero-order chi connectivity index (χ0) is 15.7. The van der Waals surface area contributed by atoms with Crippen LogP contribution in [-0.4, -0.2) is 12.3 Å². The van der Waals surface area contributed by atoms with Crippen LogP contribution in [0.3, 0.4) is 0 Å². The summed E-state index contributed by atoms with van der Waals surface area (Å²) in [4.78, 5) is 12.2. The Labute approximate surface area is 126 Å². The van der Waals surface area contributed by atoms with Crippen molar-refractivity contribution in [3.8, 4) is 5.75 Å². The summed E-state index contributed by atoms with van der Waals surface area (Å²) in [5, 5.41) is 2.84. The van der Waals surface area contributed by atoms with Crippen LogP contribution in [0.2, 0.25) is 0 Å². The molecule has 1 aromatic rings. The Morgan fingerprint density at radius 1 is 1.27 bits per heavy atom. The quantitative estimate of drug-likeness (QED) is 0.921. The number of nitrogens with one attached hydrogen (secondary N) is 1. The molecular weight excluding hydrogens is 295 g/mol. The van der Waals surface area contributed by atoms with Crippen LogP contribution in [0, 0.1) is 17.8 Å². The molecule has 2 saturated carbocycles. The number of rotatable bonds is 4. The molecule has 0 heterocycles. The molecule has 1 amide bonds. The number of ether oxygens (including phenoxy) is 1. The van der Waals surface area contributed by atoms with E-state index in [9.17, 15) is 18.0 Å². The van der Waals surface area contributed by atoms with E-state index in [4.69, 9.17) is 0 Å². The first kappa shape index (κ1) is 15.2. The normalized spacial score (nSPS) is 27.0. The van der Waals surface area contributed by atoms with Gasteiger partial charge in [-0.05, 0) is 48.8 Å². The van der Waals surface area contributed by atoms with Gasteiger partial charge >= 0.3 is 6.36 Å². The fourth-order valence-corrected chi connectivity index (χ4v) is 3.74. The second-order valence-corrected chi connectivity index (χ2v) is 6.19. The molecule has 0 unspecified atom stereocenters. The van der Waals surface area contributed by atoms with Crippen LogP contribution in [-0.2, 0) is 11.3 Å². The van der Waals surface area contributed by atoms with Crippen molar-refractivity contribution < 1.29 is 22.7 Å². The first-order valence-corrected chi connectivity index (χ1v) is 7.53. The highest BCUT2D eigenvalue weighted by Crippen LogP contribution is 2.48. The van der Waals surface area contributed by atoms with Crippen LogP contribution in [0.25, 0.3) is 0 Å². The summed E-state index contributed by atoms with van der Waals surface area (Å²) < 4.78 is 40.4. The van der Waals surface area contributed by atoms with E-state index >= 15 is 0 Å². The molecule has 2 aliphatic rings. The smallest absolute Gasteiger partial charge is 0.406 e. The number of hydrogen-bond acceptors (Lipinski definition) is 2. The third kappa shape index (κ3) is 3.54. The van der Waals surface area contributed by atoms with Crippen LogP contribution in [0.1, 0.15) is 31.2 Å². The lowest BCUT2D eigenvalue weighted by atomic mass is 9.88. The maximum absolute atomic E-state index is 12.2. The SMILES string of the molecule is O=C(NCc1cccc(OC(F)(F)F)c1)[C@@H]1C[C@H]2CC[C@@H]1C2. The number of carbonyl (C=O) groups excluding carboxylic acids is 1. The van der Waals surface area contributed by atoms with Crippen molar-refractivity contribution in [3.05, 3.63) is 29.8 Å². The summed E-state index contributed by atoms with van der Waals surface area (Å²) in [6.07, 6.45) is -0.255. The predicted octanol–water partition coefficient (Wildman–Crippen LogP) is 3.64. The Balaban J connectivity index is 1.55. The second kappa shape index (κ2) is 5.82. The maximum atomic E-state index is 12.2. The van der Waals surface area contributed by atoms with Crippen LogP contribution < -0.4 is 10.1 Å². The lowest BCUT2D eigenvalue weighted by Gasteiger charge is -2.20. The van der Waals surface area contributed by atoms with Crippen molar-refractivity contribution in [2.75, 3.05) is 0 Å². The predicted molar refractivity (Wildman–Crippen MR) is 73.9 cm³/mol. The number of alkyl halides is 3. The monoisotopic (exact) mass is 313 g/mol. The van der Waals surface area contributed by atoms with Crippen molar-refractivity contribution in [1.29, 1.82) is 0 Å². The largest absolute Gasteiger partial charge is 0.573 e. The number of fused-ring (bicyclic) bond motifs is 2. The Kier molecular flexibility index (Phi) is 4.02. The van der Waals surface area contributed by atoms with Gasteiger partial charge in [-0.3, -0.25) is 4.79 Å². The standard InChI is InChI=1S/C16H18F3NO2/c17-16(18,19)22-13-3-1-2-11(7-13)9-20-15(21)14-8-10-4-5-12(14)6-10/h1-3,7,10,12,14H,4-6,8-9H2,(H,20,21)/t10-,12+,14+/m0/s1. The summed E-state index contributed by atoms with van der Waals surface area (Å²) in [7, 11) is 0. The minimum atomic E-state index is -4.70. The molecule has 3 atom stereocenters. The molecule has 1 N–H and O–H groups in total. The molecule has 2 bridgehead atoms. The van der Waals surface area contributed by atoms with E-state index < -0.39 is 6.36 Å². The highest BCUT2D eigenvalue weighted by molar-refractivity contribution is 5.79.